The molecule has 0 aromatic carbocycles. The molecule has 0 amide bonds. The molecular formula is C11H10N4S. The maximum absolute atomic E-state index is 8.62. The third-order valence-electron chi connectivity index (χ3n) is 2.01. The molecule has 0 unspecified atom stereocenters. The lowest BCUT2D eigenvalue weighted by atomic mass is 10.3. The van der Waals surface area contributed by atoms with Gasteiger partial charge in [0.05, 0.1) is 17.1 Å². The van der Waals surface area contributed by atoms with Crippen LogP contribution in [-0.2, 0) is 6.54 Å². The van der Waals surface area contributed by atoms with Gasteiger partial charge >= 0.3 is 0 Å². The number of hydrogen-bond donors (Lipinski definition) is 1. The van der Waals surface area contributed by atoms with E-state index < -0.39 is 0 Å². The second kappa shape index (κ2) is 4.73. The van der Waals surface area contributed by atoms with Gasteiger partial charge in [0, 0.05) is 17.3 Å². The molecule has 80 valence electrons. The van der Waals surface area contributed by atoms with Crippen LogP contribution in [0.5, 0.6) is 0 Å². The number of rotatable bonds is 3. The lowest BCUT2D eigenvalue weighted by Gasteiger charge is -2.02. The Hall–Kier alpha value is -1.93. The van der Waals surface area contributed by atoms with Crippen LogP contribution in [0.2, 0.25) is 0 Å². The third kappa shape index (κ3) is 2.55. The minimum atomic E-state index is 0.569. The Morgan fingerprint density at radius 1 is 1.38 bits per heavy atom. The van der Waals surface area contributed by atoms with Crippen molar-refractivity contribution >= 4 is 17.2 Å². The Bertz CT molecular complexity index is 510. The number of pyridine rings is 1. The SMILES string of the molecule is Cc1ncc(CNc2ccc(C#N)cn2)s1. The van der Waals surface area contributed by atoms with E-state index in [2.05, 4.69) is 15.3 Å². The number of hydrogen-bond acceptors (Lipinski definition) is 5. The van der Waals surface area contributed by atoms with Gasteiger partial charge in [0.2, 0.25) is 0 Å². The van der Waals surface area contributed by atoms with Crippen LogP contribution in [0.3, 0.4) is 0 Å². The molecule has 0 fully saturated rings. The molecule has 0 aliphatic carbocycles. The molecule has 2 aromatic rings. The van der Waals surface area contributed by atoms with Gasteiger partial charge in [0.15, 0.2) is 0 Å². The number of nitrogens with zero attached hydrogens (tertiary/aromatic N) is 3. The number of aryl methyl sites for hydroxylation is 1. The largest absolute Gasteiger partial charge is 0.365 e. The maximum Gasteiger partial charge on any atom is 0.126 e. The number of nitriles is 1. The van der Waals surface area contributed by atoms with Crippen molar-refractivity contribution in [1.82, 2.24) is 9.97 Å². The first-order chi connectivity index (χ1) is 7.78. The van der Waals surface area contributed by atoms with Crippen LogP contribution in [-0.4, -0.2) is 9.97 Å². The monoisotopic (exact) mass is 230 g/mol. The number of thiazole rings is 1. The van der Waals surface area contributed by atoms with Crippen molar-refractivity contribution in [1.29, 1.82) is 5.26 Å². The van der Waals surface area contributed by atoms with E-state index in [1.54, 1.807) is 29.7 Å². The molecule has 0 bridgehead atoms. The molecule has 2 heterocycles. The Kier molecular flexibility index (Phi) is 3.13. The van der Waals surface area contributed by atoms with Gasteiger partial charge in [-0.3, -0.25) is 0 Å². The average molecular weight is 230 g/mol. The van der Waals surface area contributed by atoms with Crippen molar-refractivity contribution in [2.24, 2.45) is 0 Å². The summed E-state index contributed by atoms with van der Waals surface area (Å²) in [6.07, 6.45) is 3.41. The van der Waals surface area contributed by atoms with Gasteiger partial charge in [-0.2, -0.15) is 5.26 Å². The minimum absolute atomic E-state index is 0.569. The van der Waals surface area contributed by atoms with Crippen LogP contribution in [0.1, 0.15) is 15.4 Å². The van der Waals surface area contributed by atoms with Gasteiger partial charge in [-0.15, -0.1) is 11.3 Å². The lowest BCUT2D eigenvalue weighted by molar-refractivity contribution is 1.13. The smallest absolute Gasteiger partial charge is 0.126 e. The summed E-state index contributed by atoms with van der Waals surface area (Å²) in [4.78, 5) is 9.46. The first kappa shape index (κ1) is 10.6. The summed E-state index contributed by atoms with van der Waals surface area (Å²) in [5.41, 5.74) is 0.569. The van der Waals surface area contributed by atoms with E-state index in [9.17, 15) is 0 Å². The van der Waals surface area contributed by atoms with Crippen molar-refractivity contribution in [3.63, 3.8) is 0 Å². The third-order valence-corrected chi connectivity index (χ3v) is 2.92. The summed E-state index contributed by atoms with van der Waals surface area (Å²) >= 11 is 1.66. The molecule has 0 atom stereocenters. The quantitative estimate of drug-likeness (QED) is 0.879. The van der Waals surface area contributed by atoms with E-state index in [-0.39, 0.29) is 0 Å². The summed E-state index contributed by atoms with van der Waals surface area (Å²) in [7, 11) is 0. The Balaban J connectivity index is 1.97. The average Bonchev–Trinajstić information content (AvgIpc) is 2.73. The van der Waals surface area contributed by atoms with E-state index in [4.69, 9.17) is 5.26 Å². The first-order valence-corrected chi connectivity index (χ1v) is 5.61. The van der Waals surface area contributed by atoms with E-state index in [1.165, 1.54) is 4.88 Å². The molecule has 0 aliphatic rings. The fourth-order valence-electron chi connectivity index (χ4n) is 1.23. The second-order valence-electron chi connectivity index (χ2n) is 3.24. The Labute approximate surface area is 97.6 Å². The lowest BCUT2D eigenvalue weighted by Crippen LogP contribution is -1.99. The van der Waals surface area contributed by atoms with Crippen molar-refractivity contribution in [2.45, 2.75) is 13.5 Å². The predicted octanol–water partition coefficient (Wildman–Crippen LogP) is 2.33. The van der Waals surface area contributed by atoms with Crippen molar-refractivity contribution < 1.29 is 0 Å². The summed E-state index contributed by atoms with van der Waals surface area (Å²) in [6.45, 7) is 2.69. The fraction of sp³-hybridized carbons (Fsp3) is 0.182. The molecule has 0 saturated heterocycles. The molecule has 1 N–H and O–H groups in total. The topological polar surface area (TPSA) is 61.6 Å². The van der Waals surface area contributed by atoms with Crippen LogP contribution >= 0.6 is 11.3 Å². The van der Waals surface area contributed by atoms with Crippen LogP contribution < -0.4 is 5.32 Å². The van der Waals surface area contributed by atoms with Gasteiger partial charge in [-0.1, -0.05) is 0 Å². The summed E-state index contributed by atoms with van der Waals surface area (Å²) < 4.78 is 0. The Morgan fingerprint density at radius 2 is 2.25 bits per heavy atom. The summed E-state index contributed by atoms with van der Waals surface area (Å²) in [6, 6.07) is 5.57. The van der Waals surface area contributed by atoms with Gasteiger partial charge in [0.25, 0.3) is 0 Å². The van der Waals surface area contributed by atoms with Crippen molar-refractivity contribution in [2.75, 3.05) is 5.32 Å². The highest BCUT2D eigenvalue weighted by Gasteiger charge is 1.99. The van der Waals surface area contributed by atoms with Crippen LogP contribution in [0.15, 0.2) is 24.5 Å². The molecule has 0 aliphatic heterocycles. The highest BCUT2D eigenvalue weighted by Crippen LogP contribution is 2.13. The van der Waals surface area contributed by atoms with Crippen molar-refractivity contribution in [3.8, 4) is 6.07 Å². The second-order valence-corrected chi connectivity index (χ2v) is 4.56. The zero-order chi connectivity index (χ0) is 11.4. The van der Waals surface area contributed by atoms with E-state index >= 15 is 0 Å². The van der Waals surface area contributed by atoms with Crippen molar-refractivity contribution in [3.05, 3.63) is 40.0 Å². The normalized spacial score (nSPS) is 9.75. The van der Waals surface area contributed by atoms with Crippen LogP contribution in [0, 0.1) is 18.3 Å². The number of anilines is 1. The molecule has 2 rings (SSSR count). The molecule has 0 radical (unpaired) electrons. The van der Waals surface area contributed by atoms with E-state index in [1.807, 2.05) is 19.2 Å². The predicted molar refractivity (Wildman–Crippen MR) is 63.1 cm³/mol. The number of nitrogens with one attached hydrogen (secondary N) is 1. The van der Waals surface area contributed by atoms with Gasteiger partial charge in [-0.25, -0.2) is 9.97 Å². The van der Waals surface area contributed by atoms with Gasteiger partial charge < -0.3 is 5.32 Å². The standard InChI is InChI=1S/C11H10N4S/c1-8-13-6-10(16-8)7-15-11-3-2-9(4-12)5-14-11/h2-3,5-6H,7H2,1H3,(H,14,15). The zero-order valence-electron chi connectivity index (χ0n) is 8.77. The highest BCUT2D eigenvalue weighted by atomic mass is 32.1. The molecule has 16 heavy (non-hydrogen) atoms. The zero-order valence-corrected chi connectivity index (χ0v) is 9.58. The molecule has 2 aromatic heterocycles. The summed E-state index contributed by atoms with van der Waals surface area (Å²) in [5.74, 6) is 0.769. The molecule has 5 heteroatoms. The number of aromatic nitrogens is 2. The molecular weight excluding hydrogens is 220 g/mol. The Morgan fingerprint density at radius 3 is 2.81 bits per heavy atom. The van der Waals surface area contributed by atoms with Gasteiger partial charge in [-0.05, 0) is 19.1 Å². The van der Waals surface area contributed by atoms with E-state index in [0.29, 0.717) is 12.1 Å². The molecule has 4 nitrogen and oxygen atoms in total. The maximum atomic E-state index is 8.62. The fourth-order valence-corrected chi connectivity index (χ4v) is 1.96. The molecule has 0 spiro atoms. The van der Waals surface area contributed by atoms with Gasteiger partial charge in [0.1, 0.15) is 11.9 Å². The van der Waals surface area contributed by atoms with Crippen LogP contribution in [0.4, 0.5) is 5.82 Å². The first-order valence-electron chi connectivity index (χ1n) is 4.79. The minimum Gasteiger partial charge on any atom is -0.365 e. The van der Waals surface area contributed by atoms with Crippen LogP contribution in [0.25, 0.3) is 0 Å². The summed E-state index contributed by atoms with van der Waals surface area (Å²) in [5, 5.41) is 12.9. The highest BCUT2D eigenvalue weighted by molar-refractivity contribution is 7.11. The molecule has 0 saturated carbocycles. The van der Waals surface area contributed by atoms with E-state index in [0.717, 1.165) is 10.8 Å².